The van der Waals surface area contributed by atoms with Crippen LogP contribution < -0.4 is 10.5 Å². The molecule has 0 amide bonds. The van der Waals surface area contributed by atoms with Crippen LogP contribution in [0.3, 0.4) is 0 Å². The third kappa shape index (κ3) is 3.05. The lowest BCUT2D eigenvalue weighted by atomic mass is 10.2. The zero-order chi connectivity index (χ0) is 14.9. The number of halogens is 2. The summed E-state index contributed by atoms with van der Waals surface area (Å²) in [7, 11) is -3.78. The second-order valence-electron chi connectivity index (χ2n) is 4.08. The Hall–Kier alpha value is -1.31. The van der Waals surface area contributed by atoms with E-state index in [4.69, 9.17) is 17.3 Å². The van der Waals surface area contributed by atoms with Crippen LogP contribution in [0.4, 0.5) is 11.5 Å². The molecule has 0 aliphatic carbocycles. The number of hydrogen-bond donors (Lipinski definition) is 2. The first kappa shape index (κ1) is 15.1. The Balaban J connectivity index is 2.44. The van der Waals surface area contributed by atoms with Crippen LogP contribution in [-0.2, 0) is 10.0 Å². The van der Waals surface area contributed by atoms with E-state index in [1.807, 2.05) is 0 Å². The van der Waals surface area contributed by atoms with Gasteiger partial charge in [-0.1, -0.05) is 11.6 Å². The molecule has 0 atom stereocenters. The Labute approximate surface area is 130 Å². The third-order valence-corrected chi connectivity index (χ3v) is 5.03. The van der Waals surface area contributed by atoms with Gasteiger partial charge in [-0.3, -0.25) is 4.72 Å². The molecule has 0 fully saturated rings. The van der Waals surface area contributed by atoms with Crippen LogP contribution in [-0.4, -0.2) is 13.4 Å². The lowest BCUT2D eigenvalue weighted by Crippen LogP contribution is -2.15. The lowest BCUT2D eigenvalue weighted by molar-refractivity contribution is 0.601. The molecule has 0 unspecified atom stereocenters. The van der Waals surface area contributed by atoms with Crippen LogP contribution in [0.5, 0.6) is 0 Å². The number of sulfonamides is 1. The van der Waals surface area contributed by atoms with Crippen molar-refractivity contribution in [1.82, 2.24) is 4.98 Å². The Morgan fingerprint density at radius 3 is 2.70 bits per heavy atom. The average Bonchev–Trinajstić information content (AvgIpc) is 2.38. The third-order valence-electron chi connectivity index (χ3n) is 2.56. The van der Waals surface area contributed by atoms with Crippen LogP contribution in [0.1, 0.15) is 5.56 Å². The SMILES string of the molecule is Cc1cc(S(=O)(=O)Nc2ncccc2Br)cc(N)c1Cl. The fourth-order valence-electron chi connectivity index (χ4n) is 1.56. The number of nitrogens with two attached hydrogens (primary N) is 1. The lowest BCUT2D eigenvalue weighted by Gasteiger charge is -2.11. The van der Waals surface area contributed by atoms with Crippen molar-refractivity contribution in [2.75, 3.05) is 10.5 Å². The van der Waals surface area contributed by atoms with E-state index < -0.39 is 10.0 Å². The van der Waals surface area contributed by atoms with Crippen molar-refractivity contribution < 1.29 is 8.42 Å². The number of benzene rings is 1. The van der Waals surface area contributed by atoms with Gasteiger partial charge in [0.05, 0.1) is 20.1 Å². The van der Waals surface area contributed by atoms with E-state index in [1.54, 1.807) is 19.1 Å². The van der Waals surface area contributed by atoms with Gasteiger partial charge in [0.15, 0.2) is 5.82 Å². The number of rotatable bonds is 3. The molecule has 0 radical (unpaired) electrons. The maximum Gasteiger partial charge on any atom is 0.263 e. The molecule has 106 valence electrons. The summed E-state index contributed by atoms with van der Waals surface area (Å²) in [6.45, 7) is 1.69. The van der Waals surface area contributed by atoms with Crippen LogP contribution in [0, 0.1) is 6.92 Å². The van der Waals surface area contributed by atoms with E-state index in [-0.39, 0.29) is 16.4 Å². The van der Waals surface area contributed by atoms with Crippen LogP contribution in [0.2, 0.25) is 5.02 Å². The molecule has 1 aromatic carbocycles. The van der Waals surface area contributed by atoms with Gasteiger partial charge in [-0.25, -0.2) is 13.4 Å². The van der Waals surface area contributed by atoms with Crippen molar-refractivity contribution in [2.24, 2.45) is 0 Å². The fourth-order valence-corrected chi connectivity index (χ4v) is 3.31. The first-order valence-electron chi connectivity index (χ1n) is 5.50. The first-order valence-corrected chi connectivity index (χ1v) is 8.15. The molecule has 20 heavy (non-hydrogen) atoms. The highest BCUT2D eigenvalue weighted by Gasteiger charge is 2.18. The Morgan fingerprint density at radius 2 is 2.10 bits per heavy atom. The van der Waals surface area contributed by atoms with Gasteiger partial charge in [0, 0.05) is 6.20 Å². The number of pyridine rings is 1. The van der Waals surface area contributed by atoms with E-state index in [1.165, 1.54) is 18.3 Å². The molecule has 1 aromatic heterocycles. The summed E-state index contributed by atoms with van der Waals surface area (Å²) in [6, 6.07) is 6.14. The summed E-state index contributed by atoms with van der Waals surface area (Å²) in [5.74, 6) is 0.207. The predicted octanol–water partition coefficient (Wildman–Crippen LogP) is 3.19. The van der Waals surface area contributed by atoms with E-state index in [2.05, 4.69) is 25.6 Å². The number of nitrogens with one attached hydrogen (secondary N) is 1. The quantitative estimate of drug-likeness (QED) is 0.806. The standard InChI is InChI=1S/C12H11BrClN3O2S/c1-7-5-8(6-10(15)11(7)14)20(18,19)17-12-9(13)3-2-4-16-12/h2-6H,15H2,1H3,(H,16,17). The van der Waals surface area contributed by atoms with Crippen molar-refractivity contribution in [3.05, 3.63) is 45.5 Å². The predicted molar refractivity (Wildman–Crippen MR) is 83.3 cm³/mol. The van der Waals surface area contributed by atoms with Gasteiger partial charge in [-0.05, 0) is 52.7 Å². The van der Waals surface area contributed by atoms with Crippen molar-refractivity contribution in [3.8, 4) is 0 Å². The summed E-state index contributed by atoms with van der Waals surface area (Å²) in [6.07, 6.45) is 1.49. The van der Waals surface area contributed by atoms with Crippen molar-refractivity contribution in [3.63, 3.8) is 0 Å². The van der Waals surface area contributed by atoms with Crippen LogP contribution in [0.15, 0.2) is 39.8 Å². The minimum absolute atomic E-state index is 0.0365. The topological polar surface area (TPSA) is 85.1 Å². The van der Waals surface area contributed by atoms with E-state index in [9.17, 15) is 8.42 Å². The van der Waals surface area contributed by atoms with Crippen molar-refractivity contribution >= 4 is 49.1 Å². The molecular formula is C12H11BrClN3O2S. The van der Waals surface area contributed by atoms with Crippen molar-refractivity contribution in [1.29, 1.82) is 0 Å². The van der Waals surface area contributed by atoms with Gasteiger partial charge in [0.1, 0.15) is 0 Å². The number of nitrogen functional groups attached to an aromatic ring is 1. The van der Waals surface area contributed by atoms with Gasteiger partial charge in [-0.2, -0.15) is 0 Å². The molecule has 2 rings (SSSR count). The van der Waals surface area contributed by atoms with Gasteiger partial charge < -0.3 is 5.73 Å². The summed E-state index contributed by atoms with van der Waals surface area (Å²) in [5, 5.41) is 0.350. The number of hydrogen-bond acceptors (Lipinski definition) is 4. The summed E-state index contributed by atoms with van der Waals surface area (Å²) in [5.41, 5.74) is 6.50. The number of aromatic nitrogens is 1. The average molecular weight is 377 g/mol. The highest BCUT2D eigenvalue weighted by molar-refractivity contribution is 9.10. The molecular weight excluding hydrogens is 366 g/mol. The smallest absolute Gasteiger partial charge is 0.263 e. The number of aryl methyl sites for hydroxylation is 1. The van der Waals surface area contributed by atoms with Crippen molar-refractivity contribution in [2.45, 2.75) is 11.8 Å². The number of nitrogens with zero attached hydrogens (tertiary/aromatic N) is 1. The summed E-state index contributed by atoms with van der Waals surface area (Å²) >= 11 is 9.15. The molecule has 3 N–H and O–H groups in total. The molecule has 2 aromatic rings. The van der Waals surface area contributed by atoms with E-state index in [0.29, 0.717) is 15.1 Å². The molecule has 5 nitrogen and oxygen atoms in total. The Kier molecular flexibility index (Phi) is 4.22. The van der Waals surface area contributed by atoms with Gasteiger partial charge >= 0.3 is 0 Å². The minimum Gasteiger partial charge on any atom is -0.397 e. The molecule has 0 bridgehead atoms. The zero-order valence-corrected chi connectivity index (χ0v) is 13.6. The first-order chi connectivity index (χ1) is 9.31. The fraction of sp³-hybridized carbons (Fsp3) is 0.0833. The van der Waals surface area contributed by atoms with Gasteiger partial charge in [-0.15, -0.1) is 0 Å². The van der Waals surface area contributed by atoms with E-state index in [0.717, 1.165) is 0 Å². The molecule has 0 aliphatic heterocycles. The number of anilines is 2. The molecule has 0 spiro atoms. The van der Waals surface area contributed by atoms with Gasteiger partial charge in [0.25, 0.3) is 10.0 Å². The maximum absolute atomic E-state index is 12.3. The van der Waals surface area contributed by atoms with Crippen LogP contribution >= 0.6 is 27.5 Å². The summed E-state index contributed by atoms with van der Waals surface area (Å²) < 4.78 is 27.5. The van der Waals surface area contributed by atoms with Gasteiger partial charge in [0.2, 0.25) is 0 Å². The maximum atomic E-state index is 12.3. The Bertz CT molecular complexity index is 742. The van der Waals surface area contributed by atoms with Crippen LogP contribution in [0.25, 0.3) is 0 Å². The molecule has 0 saturated carbocycles. The molecule has 8 heteroatoms. The van der Waals surface area contributed by atoms with E-state index >= 15 is 0 Å². The second-order valence-corrected chi connectivity index (χ2v) is 7.00. The molecule has 0 saturated heterocycles. The zero-order valence-electron chi connectivity index (χ0n) is 10.4. The summed E-state index contributed by atoms with van der Waals surface area (Å²) in [4.78, 5) is 3.99. The monoisotopic (exact) mass is 375 g/mol. The second kappa shape index (κ2) is 5.59. The Morgan fingerprint density at radius 1 is 1.40 bits per heavy atom. The minimum atomic E-state index is -3.78. The largest absolute Gasteiger partial charge is 0.397 e. The molecule has 1 heterocycles. The normalized spacial score (nSPS) is 11.3. The highest BCUT2D eigenvalue weighted by Crippen LogP contribution is 2.28. The highest BCUT2D eigenvalue weighted by atomic mass is 79.9. The molecule has 0 aliphatic rings.